The van der Waals surface area contributed by atoms with E-state index in [1.165, 1.54) is 0 Å². The van der Waals surface area contributed by atoms with Gasteiger partial charge in [-0.3, -0.25) is 4.99 Å². The number of aliphatic imine (C=N–C) groups is 1. The minimum atomic E-state index is -2.94. The van der Waals surface area contributed by atoms with Crippen LogP contribution in [0.4, 0.5) is 0 Å². The fourth-order valence-electron chi connectivity index (χ4n) is 1.26. The van der Waals surface area contributed by atoms with E-state index in [1.807, 2.05) is 11.9 Å². The molecule has 5 nitrogen and oxygen atoms in total. The molecule has 1 N–H and O–H groups in total. The molecule has 1 heterocycles. The zero-order chi connectivity index (χ0) is 11.5. The number of hydrogen-bond donors (Lipinski definition) is 1. The molecule has 0 atom stereocenters. The minimum absolute atomic E-state index is 0.164. The van der Waals surface area contributed by atoms with E-state index >= 15 is 0 Å². The molecular weight excluding hydrogens is 214 g/mol. The molecule has 0 unspecified atom stereocenters. The average Bonchev–Trinajstić information content (AvgIpc) is 2.51. The number of sulfone groups is 1. The summed E-state index contributed by atoms with van der Waals surface area (Å²) in [6, 6.07) is 0. The Kier molecular flexibility index (Phi) is 3.96. The van der Waals surface area contributed by atoms with Crippen LogP contribution >= 0.6 is 0 Å². The number of nitrogens with zero attached hydrogens (tertiary/aromatic N) is 2. The van der Waals surface area contributed by atoms with Gasteiger partial charge in [0.1, 0.15) is 0 Å². The van der Waals surface area contributed by atoms with E-state index in [9.17, 15) is 8.42 Å². The van der Waals surface area contributed by atoms with Gasteiger partial charge < -0.3 is 10.2 Å². The van der Waals surface area contributed by atoms with Gasteiger partial charge >= 0.3 is 0 Å². The first kappa shape index (κ1) is 12.3. The van der Waals surface area contributed by atoms with Gasteiger partial charge in [-0.05, 0) is 13.8 Å². The van der Waals surface area contributed by atoms with Gasteiger partial charge in [-0.15, -0.1) is 0 Å². The van der Waals surface area contributed by atoms with Crippen LogP contribution in [-0.4, -0.2) is 57.0 Å². The highest BCUT2D eigenvalue weighted by molar-refractivity contribution is 7.92. The van der Waals surface area contributed by atoms with E-state index in [0.717, 1.165) is 19.0 Å². The summed E-state index contributed by atoms with van der Waals surface area (Å²) in [6.07, 6.45) is 0. The molecule has 0 spiro atoms. The maximum absolute atomic E-state index is 11.5. The van der Waals surface area contributed by atoms with Crippen molar-refractivity contribution in [1.29, 1.82) is 0 Å². The van der Waals surface area contributed by atoms with Crippen LogP contribution in [-0.2, 0) is 9.84 Å². The molecule has 0 saturated heterocycles. The number of rotatable bonds is 4. The molecule has 15 heavy (non-hydrogen) atoms. The molecule has 6 heteroatoms. The van der Waals surface area contributed by atoms with Gasteiger partial charge in [0.05, 0.1) is 17.5 Å². The Morgan fingerprint density at radius 1 is 1.53 bits per heavy atom. The van der Waals surface area contributed by atoms with Crippen LogP contribution < -0.4 is 5.32 Å². The molecule has 0 aromatic rings. The Bertz CT molecular complexity index is 335. The molecule has 0 aromatic heterocycles. The van der Waals surface area contributed by atoms with Crippen LogP contribution in [0.25, 0.3) is 0 Å². The largest absolute Gasteiger partial charge is 0.355 e. The summed E-state index contributed by atoms with van der Waals surface area (Å²) in [5.41, 5.74) is 0. The second kappa shape index (κ2) is 4.83. The molecule has 0 aliphatic carbocycles. The summed E-state index contributed by atoms with van der Waals surface area (Å²) in [5.74, 6) is 0.964. The Hall–Kier alpha value is -0.780. The van der Waals surface area contributed by atoms with E-state index in [4.69, 9.17) is 0 Å². The molecule has 0 saturated carbocycles. The summed E-state index contributed by atoms with van der Waals surface area (Å²) in [5, 5.41) is 2.74. The SMILES string of the molecule is CC(C)S(=O)(=O)CCNC1=NCCN1C. The normalized spacial score (nSPS) is 17.1. The highest BCUT2D eigenvalue weighted by Gasteiger charge is 2.17. The van der Waals surface area contributed by atoms with E-state index in [0.29, 0.717) is 6.54 Å². The lowest BCUT2D eigenvalue weighted by atomic mass is 10.6. The lowest BCUT2D eigenvalue weighted by Crippen LogP contribution is -2.38. The van der Waals surface area contributed by atoms with Crippen molar-refractivity contribution in [2.24, 2.45) is 4.99 Å². The fraction of sp³-hybridized carbons (Fsp3) is 0.889. The van der Waals surface area contributed by atoms with E-state index in [1.54, 1.807) is 13.8 Å². The first-order chi connectivity index (χ1) is 6.93. The number of nitrogens with one attached hydrogen (secondary N) is 1. The Morgan fingerprint density at radius 2 is 2.20 bits per heavy atom. The zero-order valence-corrected chi connectivity index (χ0v) is 10.3. The molecule has 0 radical (unpaired) electrons. The van der Waals surface area contributed by atoms with Gasteiger partial charge in [0.15, 0.2) is 15.8 Å². The fourth-order valence-corrected chi connectivity index (χ4v) is 2.12. The molecule has 0 fully saturated rings. The smallest absolute Gasteiger partial charge is 0.193 e. The van der Waals surface area contributed by atoms with E-state index < -0.39 is 9.84 Å². The molecule has 0 amide bonds. The lowest BCUT2D eigenvalue weighted by molar-refractivity contribution is 0.535. The molecule has 0 bridgehead atoms. The average molecular weight is 233 g/mol. The van der Waals surface area contributed by atoms with Gasteiger partial charge in [0.2, 0.25) is 0 Å². The predicted octanol–water partition coefficient (Wildman–Crippen LogP) is -0.299. The van der Waals surface area contributed by atoms with Crippen molar-refractivity contribution in [3.63, 3.8) is 0 Å². The maximum Gasteiger partial charge on any atom is 0.193 e. The second-order valence-corrected chi connectivity index (χ2v) is 6.65. The molecular formula is C9H19N3O2S. The van der Waals surface area contributed by atoms with Gasteiger partial charge in [-0.1, -0.05) is 0 Å². The van der Waals surface area contributed by atoms with Crippen LogP contribution in [0, 0.1) is 0 Å². The predicted molar refractivity (Wildman–Crippen MR) is 61.9 cm³/mol. The summed E-state index contributed by atoms with van der Waals surface area (Å²) in [6.45, 7) is 5.53. The topological polar surface area (TPSA) is 61.8 Å². The first-order valence-electron chi connectivity index (χ1n) is 5.14. The van der Waals surface area contributed by atoms with Crippen LogP contribution in [0.2, 0.25) is 0 Å². The Labute approximate surface area is 91.5 Å². The highest BCUT2D eigenvalue weighted by atomic mass is 32.2. The first-order valence-corrected chi connectivity index (χ1v) is 6.86. The number of likely N-dealkylation sites (N-methyl/N-ethyl adjacent to an activating group) is 1. The molecule has 1 aliphatic rings. The third kappa shape index (κ3) is 3.37. The van der Waals surface area contributed by atoms with E-state index in [2.05, 4.69) is 10.3 Å². The highest BCUT2D eigenvalue weighted by Crippen LogP contribution is 2.00. The third-order valence-electron chi connectivity index (χ3n) is 2.45. The van der Waals surface area contributed by atoms with Gasteiger partial charge in [0, 0.05) is 20.1 Å². The summed E-state index contributed by atoms with van der Waals surface area (Å²) in [7, 11) is -1.00. The van der Waals surface area contributed by atoms with Crippen molar-refractivity contribution in [3.05, 3.63) is 0 Å². The summed E-state index contributed by atoms with van der Waals surface area (Å²) >= 11 is 0. The van der Waals surface area contributed by atoms with Crippen LogP contribution in [0.5, 0.6) is 0 Å². The molecule has 1 aliphatic heterocycles. The molecule has 1 rings (SSSR count). The van der Waals surface area contributed by atoms with E-state index in [-0.39, 0.29) is 11.0 Å². The van der Waals surface area contributed by atoms with Crippen LogP contribution in [0.1, 0.15) is 13.8 Å². The summed E-state index contributed by atoms with van der Waals surface area (Å²) < 4.78 is 23.0. The number of guanidine groups is 1. The van der Waals surface area contributed by atoms with Crippen molar-refractivity contribution >= 4 is 15.8 Å². The monoisotopic (exact) mass is 233 g/mol. The standard InChI is InChI=1S/C9H19N3O2S/c1-8(2)15(13,14)7-5-11-9-10-4-6-12(9)3/h8H,4-7H2,1-3H3,(H,10,11). The second-order valence-electron chi connectivity index (χ2n) is 3.97. The van der Waals surface area contributed by atoms with Crippen LogP contribution in [0.3, 0.4) is 0 Å². The quantitative estimate of drug-likeness (QED) is 0.724. The van der Waals surface area contributed by atoms with Crippen LogP contribution in [0.15, 0.2) is 4.99 Å². The van der Waals surface area contributed by atoms with Crippen molar-refractivity contribution in [3.8, 4) is 0 Å². The van der Waals surface area contributed by atoms with Crippen molar-refractivity contribution in [2.75, 3.05) is 32.4 Å². The Morgan fingerprint density at radius 3 is 2.67 bits per heavy atom. The summed E-state index contributed by atoms with van der Waals surface area (Å²) in [4.78, 5) is 6.21. The van der Waals surface area contributed by atoms with Crippen molar-refractivity contribution in [2.45, 2.75) is 19.1 Å². The molecule has 0 aromatic carbocycles. The minimum Gasteiger partial charge on any atom is -0.355 e. The zero-order valence-electron chi connectivity index (χ0n) is 9.52. The van der Waals surface area contributed by atoms with Crippen molar-refractivity contribution < 1.29 is 8.42 Å². The maximum atomic E-state index is 11.5. The Balaban J connectivity index is 2.34. The molecule has 88 valence electrons. The lowest BCUT2D eigenvalue weighted by Gasteiger charge is -2.15. The third-order valence-corrected chi connectivity index (χ3v) is 4.66. The van der Waals surface area contributed by atoms with Gasteiger partial charge in [-0.2, -0.15) is 0 Å². The number of hydrogen-bond acceptors (Lipinski definition) is 5. The van der Waals surface area contributed by atoms with Gasteiger partial charge in [0.25, 0.3) is 0 Å². The van der Waals surface area contributed by atoms with Gasteiger partial charge in [-0.25, -0.2) is 8.42 Å². The van der Waals surface area contributed by atoms with Crippen molar-refractivity contribution in [1.82, 2.24) is 10.2 Å².